The maximum atomic E-state index is 12.4. The molecule has 9 heteroatoms. The van der Waals surface area contributed by atoms with Crippen molar-refractivity contribution in [2.45, 2.75) is 25.4 Å². The van der Waals surface area contributed by atoms with E-state index in [2.05, 4.69) is 34.5 Å². The van der Waals surface area contributed by atoms with E-state index in [-0.39, 0.29) is 11.7 Å². The van der Waals surface area contributed by atoms with Gasteiger partial charge in [-0.15, -0.1) is 11.3 Å². The Morgan fingerprint density at radius 1 is 1.28 bits per heavy atom. The van der Waals surface area contributed by atoms with Crippen LogP contribution in [0.15, 0.2) is 28.7 Å². The van der Waals surface area contributed by atoms with E-state index < -0.39 is 0 Å². The third kappa shape index (κ3) is 5.10. The fourth-order valence-corrected chi connectivity index (χ4v) is 4.55. The molecule has 0 bridgehead atoms. The number of nitrogens with two attached hydrogens (primary N) is 1. The number of nitrogens with one attached hydrogen (secondary N) is 1. The number of hydrogen-bond donors (Lipinski definition) is 2. The number of amides is 1. The van der Waals surface area contributed by atoms with Crippen molar-refractivity contribution in [2.24, 2.45) is 5.92 Å². The molecule has 0 unspecified atom stereocenters. The monoisotopic (exact) mass is 432 g/mol. The number of aromatic nitrogens is 2. The number of ether oxygens (including phenoxy) is 2. The van der Waals surface area contributed by atoms with Crippen LogP contribution in [0.1, 0.15) is 19.4 Å². The zero-order chi connectivity index (χ0) is 21.0. The molecule has 0 aliphatic heterocycles. The molecule has 0 fully saturated rings. The van der Waals surface area contributed by atoms with Crippen molar-refractivity contribution in [3.63, 3.8) is 0 Å². The van der Waals surface area contributed by atoms with E-state index in [0.717, 1.165) is 16.6 Å². The van der Waals surface area contributed by atoms with Gasteiger partial charge in [0.05, 0.1) is 31.0 Å². The number of methoxy groups -OCH3 is 2. The average Bonchev–Trinajstić information content (AvgIpc) is 3.09. The van der Waals surface area contributed by atoms with Crippen LogP contribution in [0, 0.1) is 5.92 Å². The van der Waals surface area contributed by atoms with Crippen LogP contribution < -0.4 is 20.5 Å². The van der Waals surface area contributed by atoms with E-state index in [4.69, 9.17) is 15.2 Å². The standard InChI is InChI=1S/C20H24N4O3S2/c1-11(2)7-12-9-28-19-17(12)18(21)23-20(24-19)29-10-16(25)22-14-6-5-13(26-3)8-15(14)27-4/h5-6,8-9,11H,7,10H2,1-4H3,(H,22,25)(H2,21,23,24). The van der Waals surface area contributed by atoms with Crippen LogP contribution >= 0.6 is 23.1 Å². The Labute approximate surface area is 178 Å². The molecular formula is C20H24N4O3S2. The van der Waals surface area contributed by atoms with Gasteiger partial charge in [-0.25, -0.2) is 9.97 Å². The lowest BCUT2D eigenvalue weighted by Crippen LogP contribution is -2.15. The minimum absolute atomic E-state index is 0.157. The van der Waals surface area contributed by atoms with Crippen molar-refractivity contribution in [3.05, 3.63) is 29.1 Å². The molecule has 2 aromatic heterocycles. The van der Waals surface area contributed by atoms with E-state index in [1.165, 1.54) is 17.3 Å². The number of hydrogen-bond acceptors (Lipinski definition) is 8. The maximum Gasteiger partial charge on any atom is 0.234 e. The second-order valence-corrected chi connectivity index (χ2v) is 8.63. The number of nitrogen functional groups attached to an aromatic ring is 1. The van der Waals surface area contributed by atoms with E-state index in [1.54, 1.807) is 43.8 Å². The summed E-state index contributed by atoms with van der Waals surface area (Å²) in [7, 11) is 3.12. The maximum absolute atomic E-state index is 12.4. The molecule has 3 aromatic rings. The summed E-state index contributed by atoms with van der Waals surface area (Å²) in [6, 6.07) is 5.21. The summed E-state index contributed by atoms with van der Waals surface area (Å²) in [4.78, 5) is 22.2. The third-order valence-corrected chi connectivity index (χ3v) is 5.93. The molecule has 1 amide bonds. The number of fused-ring (bicyclic) bond motifs is 1. The van der Waals surface area contributed by atoms with Crippen LogP contribution in [0.4, 0.5) is 11.5 Å². The van der Waals surface area contributed by atoms with Crippen LogP contribution in [0.5, 0.6) is 11.5 Å². The Balaban J connectivity index is 1.68. The van der Waals surface area contributed by atoms with Gasteiger partial charge in [0.25, 0.3) is 0 Å². The first-order valence-electron chi connectivity index (χ1n) is 9.09. The second kappa shape index (κ2) is 9.32. The van der Waals surface area contributed by atoms with E-state index in [1.807, 2.05) is 0 Å². The first kappa shape index (κ1) is 21.2. The number of rotatable bonds is 8. The van der Waals surface area contributed by atoms with Gasteiger partial charge in [-0.3, -0.25) is 4.79 Å². The molecule has 7 nitrogen and oxygen atoms in total. The van der Waals surface area contributed by atoms with Crippen LogP contribution in [0.2, 0.25) is 0 Å². The molecule has 154 valence electrons. The molecule has 0 atom stereocenters. The molecule has 1 aromatic carbocycles. The lowest BCUT2D eigenvalue weighted by atomic mass is 10.0. The minimum atomic E-state index is -0.188. The van der Waals surface area contributed by atoms with Crippen molar-refractivity contribution in [2.75, 3.05) is 31.0 Å². The van der Waals surface area contributed by atoms with Gasteiger partial charge in [0.2, 0.25) is 5.91 Å². The highest BCUT2D eigenvalue weighted by Crippen LogP contribution is 2.32. The number of benzene rings is 1. The van der Waals surface area contributed by atoms with Gasteiger partial charge in [-0.2, -0.15) is 0 Å². The Morgan fingerprint density at radius 3 is 2.76 bits per heavy atom. The average molecular weight is 433 g/mol. The van der Waals surface area contributed by atoms with E-state index in [9.17, 15) is 4.79 Å². The predicted molar refractivity (Wildman–Crippen MR) is 119 cm³/mol. The summed E-state index contributed by atoms with van der Waals surface area (Å²) >= 11 is 2.80. The van der Waals surface area contributed by atoms with Gasteiger partial charge >= 0.3 is 0 Å². The summed E-state index contributed by atoms with van der Waals surface area (Å²) in [6.45, 7) is 4.34. The first-order chi connectivity index (χ1) is 13.9. The highest BCUT2D eigenvalue weighted by molar-refractivity contribution is 7.99. The number of carbonyl (C=O) groups excluding carboxylic acids is 1. The van der Waals surface area contributed by atoms with Crippen LogP contribution in [0.3, 0.4) is 0 Å². The summed E-state index contributed by atoms with van der Waals surface area (Å²) in [6.07, 6.45) is 0.937. The molecule has 3 rings (SSSR count). The summed E-state index contributed by atoms with van der Waals surface area (Å²) in [5.74, 6) is 2.14. The zero-order valence-electron chi connectivity index (χ0n) is 16.8. The molecule has 0 aliphatic carbocycles. The topological polar surface area (TPSA) is 99.4 Å². The lowest BCUT2D eigenvalue weighted by molar-refractivity contribution is -0.113. The molecule has 0 saturated heterocycles. The fourth-order valence-electron chi connectivity index (χ4n) is 2.88. The van der Waals surface area contributed by atoms with Crippen molar-refractivity contribution >= 4 is 50.7 Å². The molecule has 3 N–H and O–H groups in total. The van der Waals surface area contributed by atoms with Gasteiger partial charge in [0.1, 0.15) is 22.1 Å². The number of carbonyl (C=O) groups is 1. The summed E-state index contributed by atoms with van der Waals surface area (Å²) in [5.41, 5.74) is 7.94. The number of nitrogens with zero attached hydrogens (tertiary/aromatic N) is 2. The second-order valence-electron chi connectivity index (χ2n) is 6.83. The zero-order valence-corrected chi connectivity index (χ0v) is 18.4. The molecule has 0 saturated carbocycles. The SMILES string of the molecule is COc1ccc(NC(=O)CSc2nc(N)c3c(CC(C)C)csc3n2)c(OC)c1. The Bertz CT molecular complexity index is 1020. The van der Waals surface area contributed by atoms with Crippen molar-refractivity contribution < 1.29 is 14.3 Å². The molecule has 0 aliphatic rings. The van der Waals surface area contributed by atoms with Gasteiger partial charge in [0, 0.05) is 6.07 Å². The minimum Gasteiger partial charge on any atom is -0.497 e. The molecule has 29 heavy (non-hydrogen) atoms. The molecular weight excluding hydrogens is 408 g/mol. The van der Waals surface area contributed by atoms with Crippen molar-refractivity contribution in [3.8, 4) is 11.5 Å². The number of thioether (sulfide) groups is 1. The van der Waals surface area contributed by atoms with Crippen LogP contribution in [-0.4, -0.2) is 35.8 Å². The normalized spacial score (nSPS) is 11.1. The van der Waals surface area contributed by atoms with E-state index in [0.29, 0.717) is 34.1 Å². The fraction of sp³-hybridized carbons (Fsp3) is 0.350. The smallest absolute Gasteiger partial charge is 0.234 e. The summed E-state index contributed by atoms with van der Waals surface area (Å²) in [5, 5.41) is 6.35. The quantitative estimate of drug-likeness (QED) is 0.406. The Hall–Kier alpha value is -2.52. The van der Waals surface area contributed by atoms with E-state index >= 15 is 0 Å². The molecule has 0 spiro atoms. The predicted octanol–water partition coefficient (Wildman–Crippen LogP) is 4.22. The van der Waals surface area contributed by atoms with Crippen LogP contribution in [-0.2, 0) is 11.2 Å². The number of thiophene rings is 1. The third-order valence-electron chi connectivity index (χ3n) is 4.16. The van der Waals surface area contributed by atoms with Gasteiger partial charge in [0.15, 0.2) is 5.16 Å². The van der Waals surface area contributed by atoms with Crippen LogP contribution in [0.25, 0.3) is 10.2 Å². The Morgan fingerprint density at radius 2 is 2.07 bits per heavy atom. The highest BCUT2D eigenvalue weighted by Gasteiger charge is 2.15. The first-order valence-corrected chi connectivity index (χ1v) is 11.0. The molecule has 2 heterocycles. The van der Waals surface area contributed by atoms with Gasteiger partial charge in [-0.05, 0) is 35.4 Å². The Kier molecular flexibility index (Phi) is 6.81. The number of anilines is 2. The van der Waals surface area contributed by atoms with Crippen molar-refractivity contribution in [1.29, 1.82) is 0 Å². The molecule has 0 radical (unpaired) electrons. The van der Waals surface area contributed by atoms with Crippen molar-refractivity contribution in [1.82, 2.24) is 9.97 Å². The largest absolute Gasteiger partial charge is 0.497 e. The van der Waals surface area contributed by atoms with Gasteiger partial charge in [-0.1, -0.05) is 25.6 Å². The summed E-state index contributed by atoms with van der Waals surface area (Å²) < 4.78 is 10.5. The lowest BCUT2D eigenvalue weighted by Gasteiger charge is -2.11. The highest BCUT2D eigenvalue weighted by atomic mass is 32.2. The van der Waals surface area contributed by atoms with Gasteiger partial charge < -0.3 is 20.5 Å².